The molecule has 0 rings (SSSR count). The predicted octanol–water partition coefficient (Wildman–Crippen LogP) is 1.56. The highest BCUT2D eigenvalue weighted by Gasteiger charge is 2.14. The molecule has 40 heavy (non-hydrogen) atoms. The van der Waals surface area contributed by atoms with Gasteiger partial charge in [0.25, 0.3) is 0 Å². The van der Waals surface area contributed by atoms with E-state index in [1.165, 1.54) is 6.92 Å². The van der Waals surface area contributed by atoms with Gasteiger partial charge in [0.2, 0.25) is 29.5 Å². The summed E-state index contributed by atoms with van der Waals surface area (Å²) in [7, 11) is 0. The third kappa shape index (κ3) is 22.1. The third-order valence-corrected chi connectivity index (χ3v) is 5.88. The van der Waals surface area contributed by atoms with Crippen molar-refractivity contribution in [1.29, 1.82) is 0 Å². The van der Waals surface area contributed by atoms with Crippen molar-refractivity contribution in [2.24, 2.45) is 5.73 Å². The molecule has 0 unspecified atom stereocenters. The average molecular weight is 577 g/mol. The van der Waals surface area contributed by atoms with Crippen LogP contribution >= 0.6 is 0 Å². The summed E-state index contributed by atoms with van der Waals surface area (Å²) in [6.45, 7) is 3.22. The van der Waals surface area contributed by atoms with Crippen LogP contribution in [0, 0.1) is 0 Å². The largest absolute Gasteiger partial charge is 0.356 e. The van der Waals surface area contributed by atoms with Gasteiger partial charge in [-0.2, -0.15) is 0 Å². The molecule has 234 valence electrons. The summed E-state index contributed by atoms with van der Waals surface area (Å²) < 4.78 is 0. The number of hydrogen-bond acceptors (Lipinski definition) is 9. The van der Waals surface area contributed by atoms with Crippen LogP contribution in [-0.2, 0) is 24.0 Å². The highest BCUT2D eigenvalue weighted by molar-refractivity contribution is 5.83. The van der Waals surface area contributed by atoms with Crippen molar-refractivity contribution in [1.82, 2.24) is 25.8 Å². The standard InChI is InChI=1S/C25H48N6O8.CH4/c1-21(32)29(37)18-9-3-6-16-27-22(33)12-14-25(36)31(39)20-10-4-7-17-28-23(34)11-13-24(35)30(38)19-8-2-5-15-26;/h37-39H,2-20,26H2,1H3,(H,27,33)(H,28,34);1H4. The molecule has 0 heterocycles. The molecular formula is C26H52N6O8. The summed E-state index contributed by atoms with van der Waals surface area (Å²) in [5, 5.41) is 36.1. The molecule has 7 N–H and O–H groups in total. The molecule has 0 spiro atoms. The van der Waals surface area contributed by atoms with E-state index in [1.807, 2.05) is 0 Å². The number of rotatable bonds is 23. The summed E-state index contributed by atoms with van der Waals surface area (Å²) in [4.78, 5) is 58.4. The van der Waals surface area contributed by atoms with E-state index in [4.69, 9.17) is 5.73 Å². The van der Waals surface area contributed by atoms with Gasteiger partial charge in [0.05, 0.1) is 0 Å². The normalized spacial score (nSPS) is 10.3. The van der Waals surface area contributed by atoms with Crippen molar-refractivity contribution in [3.05, 3.63) is 0 Å². The first-order valence-electron chi connectivity index (χ1n) is 13.8. The fourth-order valence-electron chi connectivity index (χ4n) is 3.45. The minimum absolute atomic E-state index is 0. The van der Waals surface area contributed by atoms with Crippen LogP contribution in [-0.4, -0.2) is 99.6 Å². The Morgan fingerprint density at radius 1 is 0.575 bits per heavy atom. The number of amides is 5. The van der Waals surface area contributed by atoms with Crippen molar-refractivity contribution in [3.63, 3.8) is 0 Å². The Bertz CT molecular complexity index is 740. The zero-order chi connectivity index (χ0) is 29.5. The van der Waals surface area contributed by atoms with E-state index in [0.717, 1.165) is 19.3 Å². The number of nitrogens with zero attached hydrogens (tertiary/aromatic N) is 3. The molecule has 0 saturated carbocycles. The molecule has 0 aromatic heterocycles. The molecule has 14 nitrogen and oxygen atoms in total. The number of hydroxylamine groups is 6. The van der Waals surface area contributed by atoms with Gasteiger partial charge in [0.1, 0.15) is 0 Å². The van der Waals surface area contributed by atoms with Gasteiger partial charge in [0.15, 0.2) is 0 Å². The highest BCUT2D eigenvalue weighted by atomic mass is 16.5. The van der Waals surface area contributed by atoms with Crippen molar-refractivity contribution in [2.45, 2.75) is 97.8 Å². The van der Waals surface area contributed by atoms with Crippen LogP contribution in [0.3, 0.4) is 0 Å². The van der Waals surface area contributed by atoms with Gasteiger partial charge >= 0.3 is 0 Å². The maximum absolute atomic E-state index is 12.0. The SMILES string of the molecule is C.CC(=O)N(O)CCCCCNC(=O)CCC(=O)N(O)CCCCCNC(=O)CCC(=O)N(O)CCCCCN. The first-order chi connectivity index (χ1) is 18.6. The number of unbranched alkanes of at least 4 members (excludes halogenated alkanes) is 6. The van der Waals surface area contributed by atoms with Crippen molar-refractivity contribution < 1.29 is 39.6 Å². The van der Waals surface area contributed by atoms with Gasteiger partial charge in [-0.15, -0.1) is 0 Å². The summed E-state index contributed by atoms with van der Waals surface area (Å²) >= 11 is 0. The summed E-state index contributed by atoms with van der Waals surface area (Å²) in [5.74, 6) is -2.05. The maximum Gasteiger partial charge on any atom is 0.246 e. The summed E-state index contributed by atoms with van der Waals surface area (Å²) in [6, 6.07) is 0. The van der Waals surface area contributed by atoms with E-state index in [2.05, 4.69) is 10.6 Å². The lowest BCUT2D eigenvalue weighted by molar-refractivity contribution is -0.166. The monoisotopic (exact) mass is 576 g/mol. The number of nitrogens with one attached hydrogen (secondary N) is 2. The quantitative estimate of drug-likeness (QED) is 0.0592. The first kappa shape index (κ1) is 39.3. The minimum atomic E-state index is -0.548. The van der Waals surface area contributed by atoms with Gasteiger partial charge in [-0.1, -0.05) is 13.8 Å². The molecule has 0 aliphatic carbocycles. The molecule has 0 aliphatic rings. The second kappa shape index (κ2) is 25.2. The smallest absolute Gasteiger partial charge is 0.246 e. The topological polar surface area (TPSA) is 206 Å². The van der Waals surface area contributed by atoms with Crippen LogP contribution in [0.2, 0.25) is 0 Å². The zero-order valence-electron chi connectivity index (χ0n) is 23.2. The van der Waals surface area contributed by atoms with Crippen molar-refractivity contribution in [3.8, 4) is 0 Å². The molecule has 0 atom stereocenters. The highest BCUT2D eigenvalue weighted by Crippen LogP contribution is 2.03. The van der Waals surface area contributed by atoms with Crippen molar-refractivity contribution >= 4 is 29.5 Å². The third-order valence-electron chi connectivity index (χ3n) is 5.88. The van der Waals surface area contributed by atoms with E-state index in [9.17, 15) is 39.6 Å². The zero-order valence-corrected chi connectivity index (χ0v) is 23.2. The Morgan fingerprint density at radius 3 is 1.32 bits per heavy atom. The molecule has 0 aromatic rings. The number of carbonyl (C=O) groups is 5. The molecule has 0 fully saturated rings. The first-order valence-corrected chi connectivity index (χ1v) is 13.8. The Morgan fingerprint density at radius 2 is 0.950 bits per heavy atom. The fourth-order valence-corrected chi connectivity index (χ4v) is 3.45. The second-order valence-corrected chi connectivity index (χ2v) is 9.35. The molecule has 14 heteroatoms. The van der Waals surface area contributed by atoms with Crippen LogP contribution in [0.15, 0.2) is 0 Å². The summed E-state index contributed by atoms with van der Waals surface area (Å²) in [6.07, 6.45) is 5.84. The lowest BCUT2D eigenvalue weighted by atomic mass is 10.2. The Hall–Kier alpha value is -2.81. The van der Waals surface area contributed by atoms with Gasteiger partial charge in [-0.3, -0.25) is 39.6 Å². The minimum Gasteiger partial charge on any atom is -0.356 e. The van der Waals surface area contributed by atoms with E-state index in [1.54, 1.807) is 0 Å². The van der Waals surface area contributed by atoms with Gasteiger partial charge in [-0.25, -0.2) is 15.2 Å². The maximum atomic E-state index is 12.0. The lowest BCUT2D eigenvalue weighted by Gasteiger charge is -2.15. The van der Waals surface area contributed by atoms with Crippen LogP contribution in [0.25, 0.3) is 0 Å². The van der Waals surface area contributed by atoms with E-state index >= 15 is 0 Å². The lowest BCUT2D eigenvalue weighted by Crippen LogP contribution is -2.31. The van der Waals surface area contributed by atoms with Gasteiger partial charge in [0, 0.05) is 65.3 Å². The molecular weight excluding hydrogens is 524 g/mol. The average Bonchev–Trinajstić information content (AvgIpc) is 2.91. The fraction of sp³-hybridized carbons (Fsp3) is 0.808. The van der Waals surface area contributed by atoms with Crippen LogP contribution in [0.1, 0.15) is 97.8 Å². The molecule has 0 saturated heterocycles. The van der Waals surface area contributed by atoms with Gasteiger partial charge in [-0.05, 0) is 57.9 Å². The number of hydrogen-bond donors (Lipinski definition) is 6. The number of nitrogens with two attached hydrogens (primary N) is 1. The molecule has 0 radical (unpaired) electrons. The Labute approximate surface area is 238 Å². The van der Waals surface area contributed by atoms with Crippen molar-refractivity contribution in [2.75, 3.05) is 39.3 Å². The Kier molecular flexibility index (Phi) is 24.8. The summed E-state index contributed by atoms with van der Waals surface area (Å²) in [5.41, 5.74) is 5.39. The predicted molar refractivity (Wildman–Crippen MR) is 148 cm³/mol. The molecule has 0 aliphatic heterocycles. The van der Waals surface area contributed by atoms with E-state index < -0.39 is 17.7 Å². The van der Waals surface area contributed by atoms with Crippen LogP contribution in [0.4, 0.5) is 0 Å². The van der Waals surface area contributed by atoms with E-state index in [0.29, 0.717) is 73.3 Å². The van der Waals surface area contributed by atoms with Crippen LogP contribution < -0.4 is 16.4 Å². The van der Waals surface area contributed by atoms with E-state index in [-0.39, 0.29) is 64.6 Å². The van der Waals surface area contributed by atoms with Gasteiger partial charge < -0.3 is 16.4 Å². The molecule has 5 amide bonds. The van der Waals surface area contributed by atoms with Crippen LogP contribution in [0.5, 0.6) is 0 Å². The second-order valence-electron chi connectivity index (χ2n) is 9.35. The Balaban J connectivity index is 0. The molecule has 0 aromatic carbocycles. The molecule has 0 bridgehead atoms. The number of carbonyl (C=O) groups excluding carboxylic acids is 5.